The number of fused-ring (bicyclic) bond motifs is 1. The standard InChI is InChI=1S/C16H8F3N5O3/c17-16(18,19)27-9-1-2-11-10(7-9)15(25)26-14(21-11)12-3-4-13(23-22-12)24-6-5-20-8-24/h1-8H. The number of rotatable bonds is 3. The molecule has 0 bridgehead atoms. The topological polar surface area (TPSA) is 95.9 Å². The third-order valence-corrected chi connectivity index (χ3v) is 3.47. The van der Waals surface area contributed by atoms with Crippen LogP contribution in [0, 0.1) is 0 Å². The Balaban J connectivity index is 1.71. The predicted octanol–water partition coefficient (Wildman–Crippen LogP) is 2.73. The normalized spacial score (nSPS) is 11.7. The van der Waals surface area contributed by atoms with Crippen molar-refractivity contribution in [2.75, 3.05) is 0 Å². The van der Waals surface area contributed by atoms with E-state index in [-0.39, 0.29) is 22.5 Å². The lowest BCUT2D eigenvalue weighted by Gasteiger charge is -2.09. The van der Waals surface area contributed by atoms with Crippen molar-refractivity contribution in [3.05, 3.63) is 59.5 Å². The van der Waals surface area contributed by atoms with Crippen LogP contribution in [-0.4, -0.2) is 31.1 Å². The lowest BCUT2D eigenvalue weighted by molar-refractivity contribution is -0.274. The van der Waals surface area contributed by atoms with Gasteiger partial charge in [0.05, 0.1) is 10.9 Å². The number of alkyl halides is 3. The number of halogens is 3. The summed E-state index contributed by atoms with van der Waals surface area (Å²) in [5.74, 6) is -0.156. The molecule has 8 nitrogen and oxygen atoms in total. The molecule has 0 fully saturated rings. The van der Waals surface area contributed by atoms with Crippen molar-refractivity contribution in [3.8, 4) is 23.2 Å². The van der Waals surface area contributed by atoms with Crippen LogP contribution in [0.1, 0.15) is 0 Å². The number of benzene rings is 1. The molecular weight excluding hydrogens is 367 g/mol. The highest BCUT2D eigenvalue weighted by atomic mass is 19.4. The first-order chi connectivity index (χ1) is 12.9. The molecule has 11 heteroatoms. The van der Waals surface area contributed by atoms with E-state index in [9.17, 15) is 18.0 Å². The fourth-order valence-electron chi connectivity index (χ4n) is 2.33. The van der Waals surface area contributed by atoms with Crippen molar-refractivity contribution in [3.63, 3.8) is 0 Å². The molecule has 0 aliphatic rings. The Kier molecular flexibility index (Phi) is 3.83. The molecule has 0 unspecified atom stereocenters. The summed E-state index contributed by atoms with van der Waals surface area (Å²) in [5.41, 5.74) is -0.548. The van der Waals surface area contributed by atoms with Crippen LogP contribution in [0.3, 0.4) is 0 Å². The van der Waals surface area contributed by atoms with Crippen LogP contribution < -0.4 is 10.4 Å². The third-order valence-electron chi connectivity index (χ3n) is 3.47. The minimum Gasteiger partial charge on any atom is -0.406 e. The second-order valence-corrected chi connectivity index (χ2v) is 5.28. The summed E-state index contributed by atoms with van der Waals surface area (Å²) < 4.78 is 47.4. The molecule has 4 aromatic rings. The molecule has 0 saturated heterocycles. The van der Waals surface area contributed by atoms with Crippen LogP contribution in [0.4, 0.5) is 13.2 Å². The number of imidazole rings is 1. The van der Waals surface area contributed by atoms with Crippen molar-refractivity contribution >= 4 is 10.9 Å². The van der Waals surface area contributed by atoms with Gasteiger partial charge in [-0.05, 0) is 30.3 Å². The number of aromatic nitrogens is 5. The van der Waals surface area contributed by atoms with Gasteiger partial charge in [-0.15, -0.1) is 23.4 Å². The van der Waals surface area contributed by atoms with Gasteiger partial charge in [0, 0.05) is 12.4 Å². The van der Waals surface area contributed by atoms with E-state index in [1.807, 2.05) is 0 Å². The van der Waals surface area contributed by atoms with E-state index in [1.54, 1.807) is 35.4 Å². The number of hydrogen-bond donors (Lipinski definition) is 0. The van der Waals surface area contributed by atoms with Crippen LogP contribution in [0.5, 0.6) is 5.75 Å². The zero-order valence-electron chi connectivity index (χ0n) is 13.2. The van der Waals surface area contributed by atoms with Gasteiger partial charge in [-0.3, -0.25) is 4.57 Å². The molecule has 3 heterocycles. The van der Waals surface area contributed by atoms with E-state index < -0.39 is 17.7 Å². The summed E-state index contributed by atoms with van der Waals surface area (Å²) >= 11 is 0. The zero-order chi connectivity index (χ0) is 19.0. The summed E-state index contributed by atoms with van der Waals surface area (Å²) in [5, 5.41) is 7.79. The Morgan fingerprint density at radius 1 is 1.11 bits per heavy atom. The monoisotopic (exact) mass is 375 g/mol. The SMILES string of the molecule is O=c1oc(-c2ccc(-n3ccnc3)nn2)nc2ccc(OC(F)(F)F)cc12. The molecule has 0 atom stereocenters. The van der Waals surface area contributed by atoms with E-state index in [0.717, 1.165) is 12.1 Å². The first-order valence-corrected chi connectivity index (χ1v) is 7.42. The fourth-order valence-corrected chi connectivity index (χ4v) is 2.33. The van der Waals surface area contributed by atoms with Gasteiger partial charge in [0.15, 0.2) is 5.82 Å². The van der Waals surface area contributed by atoms with Crippen LogP contribution in [-0.2, 0) is 0 Å². The van der Waals surface area contributed by atoms with Crippen LogP contribution >= 0.6 is 0 Å². The second-order valence-electron chi connectivity index (χ2n) is 5.28. The molecule has 0 radical (unpaired) electrons. The van der Waals surface area contributed by atoms with Crippen molar-refractivity contribution in [1.82, 2.24) is 24.7 Å². The largest absolute Gasteiger partial charge is 0.573 e. The Bertz CT molecular complexity index is 1150. The molecular formula is C16H8F3N5O3. The molecule has 0 amide bonds. The van der Waals surface area contributed by atoms with Crippen molar-refractivity contribution in [1.29, 1.82) is 0 Å². The molecule has 0 aliphatic carbocycles. The first kappa shape index (κ1) is 16.7. The minimum absolute atomic E-state index is 0.110. The molecule has 136 valence electrons. The van der Waals surface area contributed by atoms with Crippen molar-refractivity contribution < 1.29 is 22.3 Å². The van der Waals surface area contributed by atoms with Gasteiger partial charge in [-0.2, -0.15) is 0 Å². The van der Waals surface area contributed by atoms with Crippen LogP contribution in [0.2, 0.25) is 0 Å². The Labute approximate surface area is 147 Å². The van der Waals surface area contributed by atoms with E-state index in [1.165, 1.54) is 6.07 Å². The van der Waals surface area contributed by atoms with Gasteiger partial charge in [-0.25, -0.2) is 14.8 Å². The number of ether oxygens (including phenoxy) is 1. The molecule has 0 saturated carbocycles. The molecule has 4 rings (SSSR count). The van der Waals surface area contributed by atoms with Gasteiger partial charge in [0.2, 0.25) is 0 Å². The van der Waals surface area contributed by atoms with Crippen LogP contribution in [0.25, 0.3) is 28.3 Å². The summed E-state index contributed by atoms with van der Waals surface area (Å²) in [6, 6.07) is 6.36. The Hall–Kier alpha value is -3.76. The van der Waals surface area contributed by atoms with Gasteiger partial charge in [0.1, 0.15) is 17.8 Å². The number of hydrogen-bond acceptors (Lipinski definition) is 7. The predicted molar refractivity (Wildman–Crippen MR) is 85.1 cm³/mol. The summed E-state index contributed by atoms with van der Waals surface area (Å²) in [4.78, 5) is 20.1. The maximum Gasteiger partial charge on any atom is 0.573 e. The maximum atomic E-state index is 12.3. The highest BCUT2D eigenvalue weighted by Crippen LogP contribution is 2.25. The van der Waals surface area contributed by atoms with Crippen LogP contribution in [0.15, 0.2) is 58.3 Å². The highest BCUT2D eigenvalue weighted by Gasteiger charge is 2.31. The molecule has 0 spiro atoms. The highest BCUT2D eigenvalue weighted by molar-refractivity contribution is 5.79. The average Bonchev–Trinajstić information content (AvgIpc) is 3.15. The second kappa shape index (κ2) is 6.20. The quantitative estimate of drug-likeness (QED) is 0.543. The summed E-state index contributed by atoms with van der Waals surface area (Å²) in [7, 11) is 0. The Morgan fingerprint density at radius 3 is 2.63 bits per heavy atom. The molecule has 0 aliphatic heterocycles. The van der Waals surface area contributed by atoms with E-state index in [2.05, 4.69) is 24.9 Å². The van der Waals surface area contributed by atoms with Crippen molar-refractivity contribution in [2.45, 2.75) is 6.36 Å². The summed E-state index contributed by atoms with van der Waals surface area (Å²) in [6.07, 6.45) is -0.0680. The zero-order valence-corrected chi connectivity index (χ0v) is 13.2. The molecule has 0 N–H and O–H groups in total. The smallest absolute Gasteiger partial charge is 0.406 e. The molecule has 27 heavy (non-hydrogen) atoms. The summed E-state index contributed by atoms with van der Waals surface area (Å²) in [6.45, 7) is 0. The molecule has 3 aromatic heterocycles. The lowest BCUT2D eigenvalue weighted by Crippen LogP contribution is -2.17. The lowest BCUT2D eigenvalue weighted by atomic mass is 10.2. The van der Waals surface area contributed by atoms with Gasteiger partial charge < -0.3 is 9.15 Å². The van der Waals surface area contributed by atoms with E-state index in [0.29, 0.717) is 5.82 Å². The van der Waals surface area contributed by atoms with E-state index >= 15 is 0 Å². The van der Waals surface area contributed by atoms with Gasteiger partial charge in [0.25, 0.3) is 5.89 Å². The number of nitrogens with zero attached hydrogens (tertiary/aromatic N) is 5. The first-order valence-electron chi connectivity index (χ1n) is 7.42. The van der Waals surface area contributed by atoms with Crippen molar-refractivity contribution in [2.24, 2.45) is 0 Å². The maximum absolute atomic E-state index is 12.3. The minimum atomic E-state index is -4.87. The fraction of sp³-hybridized carbons (Fsp3) is 0.0625. The van der Waals surface area contributed by atoms with Gasteiger partial charge >= 0.3 is 12.0 Å². The molecule has 1 aromatic carbocycles. The van der Waals surface area contributed by atoms with E-state index in [4.69, 9.17) is 4.42 Å². The van der Waals surface area contributed by atoms with Gasteiger partial charge in [-0.1, -0.05) is 0 Å². The third kappa shape index (κ3) is 3.47. The average molecular weight is 375 g/mol. The Morgan fingerprint density at radius 2 is 1.96 bits per heavy atom.